The Morgan fingerprint density at radius 1 is 0.391 bits per heavy atom. The molecule has 8 rings (SSSR count). The molecule has 0 radical (unpaired) electrons. The van der Waals surface area contributed by atoms with Crippen molar-refractivity contribution < 1.29 is 9.47 Å². The van der Waals surface area contributed by atoms with Gasteiger partial charge in [0.2, 0.25) is 0 Å². The second-order valence-corrected chi connectivity index (χ2v) is 12.4. The molecule has 0 saturated heterocycles. The van der Waals surface area contributed by atoms with Gasteiger partial charge in [-0.25, -0.2) is 0 Å². The Balaban J connectivity index is 1.19. The standard InChI is InChI=1S/C42H28INO2/c43-33-26-35(45-34-22-19-31(20-23-34)29-11-3-1-4-12-29)28-36(27-33)46-42-24-21-32(30-13-5-2-6-14-30)25-41(42)44-39-17-9-7-15-37(39)38-16-8-10-18-40(38)44/h1-28H. The normalized spacial score (nSPS) is 11.2. The molecule has 0 bridgehead atoms. The Kier molecular flexibility index (Phi) is 7.48. The number of nitrogens with zero attached hydrogens (tertiary/aromatic N) is 1. The number of rotatable bonds is 7. The van der Waals surface area contributed by atoms with Crippen LogP contribution in [0.3, 0.4) is 0 Å². The molecule has 0 spiro atoms. The number of para-hydroxylation sites is 2. The van der Waals surface area contributed by atoms with Crippen LogP contribution in [0.1, 0.15) is 0 Å². The number of hydrogen-bond donors (Lipinski definition) is 0. The molecule has 0 amide bonds. The molecule has 1 heterocycles. The Morgan fingerprint density at radius 2 is 0.891 bits per heavy atom. The van der Waals surface area contributed by atoms with Crippen molar-refractivity contribution in [2.75, 3.05) is 0 Å². The molecule has 0 fully saturated rings. The maximum Gasteiger partial charge on any atom is 0.151 e. The van der Waals surface area contributed by atoms with E-state index in [2.05, 4.69) is 155 Å². The Hall–Kier alpha value is -5.33. The molecule has 0 atom stereocenters. The second-order valence-electron chi connectivity index (χ2n) is 11.1. The summed E-state index contributed by atoms with van der Waals surface area (Å²) in [6.45, 7) is 0. The van der Waals surface area contributed by atoms with Gasteiger partial charge in [0.05, 0.1) is 16.7 Å². The van der Waals surface area contributed by atoms with E-state index in [-0.39, 0.29) is 0 Å². The summed E-state index contributed by atoms with van der Waals surface area (Å²) in [7, 11) is 0. The van der Waals surface area contributed by atoms with Crippen molar-refractivity contribution in [1.82, 2.24) is 4.57 Å². The maximum atomic E-state index is 6.75. The molecular formula is C42H28INO2. The van der Waals surface area contributed by atoms with Gasteiger partial charge in [-0.15, -0.1) is 0 Å². The van der Waals surface area contributed by atoms with Crippen LogP contribution in [0.2, 0.25) is 0 Å². The third kappa shape index (κ3) is 5.52. The number of benzene rings is 7. The summed E-state index contributed by atoms with van der Waals surface area (Å²) in [5.74, 6) is 2.95. The zero-order valence-electron chi connectivity index (χ0n) is 24.8. The van der Waals surface area contributed by atoms with Gasteiger partial charge in [-0.1, -0.05) is 115 Å². The van der Waals surface area contributed by atoms with Crippen LogP contribution >= 0.6 is 22.6 Å². The molecule has 8 aromatic rings. The van der Waals surface area contributed by atoms with Crippen LogP contribution in [0.15, 0.2) is 170 Å². The van der Waals surface area contributed by atoms with Crippen LogP contribution in [0.5, 0.6) is 23.0 Å². The lowest BCUT2D eigenvalue weighted by Gasteiger charge is -2.17. The van der Waals surface area contributed by atoms with Crippen LogP contribution in [0, 0.1) is 3.57 Å². The first-order valence-electron chi connectivity index (χ1n) is 15.2. The van der Waals surface area contributed by atoms with E-state index in [1.54, 1.807) is 0 Å². The van der Waals surface area contributed by atoms with Crippen LogP contribution < -0.4 is 9.47 Å². The highest BCUT2D eigenvalue weighted by Crippen LogP contribution is 2.40. The van der Waals surface area contributed by atoms with Crippen molar-refractivity contribution >= 4 is 44.4 Å². The Labute approximate surface area is 281 Å². The average Bonchev–Trinajstić information content (AvgIpc) is 3.44. The number of aromatic nitrogens is 1. The van der Waals surface area contributed by atoms with E-state index in [4.69, 9.17) is 9.47 Å². The summed E-state index contributed by atoms with van der Waals surface area (Å²) >= 11 is 2.32. The first-order valence-corrected chi connectivity index (χ1v) is 16.3. The lowest BCUT2D eigenvalue weighted by atomic mass is 10.0. The molecule has 0 aliphatic carbocycles. The van der Waals surface area contributed by atoms with Crippen molar-refractivity contribution in [2.24, 2.45) is 0 Å². The van der Waals surface area contributed by atoms with Gasteiger partial charge in [0.15, 0.2) is 5.75 Å². The first-order chi connectivity index (χ1) is 22.7. The molecule has 1 aromatic heterocycles. The third-order valence-electron chi connectivity index (χ3n) is 8.16. The third-order valence-corrected chi connectivity index (χ3v) is 8.78. The van der Waals surface area contributed by atoms with Gasteiger partial charge < -0.3 is 14.0 Å². The minimum atomic E-state index is 0.706. The van der Waals surface area contributed by atoms with E-state index in [9.17, 15) is 0 Å². The summed E-state index contributed by atoms with van der Waals surface area (Å²) in [4.78, 5) is 0. The molecule has 3 nitrogen and oxygen atoms in total. The van der Waals surface area contributed by atoms with Crippen molar-refractivity contribution in [3.8, 4) is 50.9 Å². The highest BCUT2D eigenvalue weighted by Gasteiger charge is 2.17. The number of hydrogen-bond acceptors (Lipinski definition) is 2. The molecule has 0 N–H and O–H groups in total. The van der Waals surface area contributed by atoms with Gasteiger partial charge in [0.1, 0.15) is 17.2 Å². The van der Waals surface area contributed by atoms with Gasteiger partial charge >= 0.3 is 0 Å². The predicted molar refractivity (Wildman–Crippen MR) is 197 cm³/mol. The van der Waals surface area contributed by atoms with Crippen molar-refractivity contribution in [2.45, 2.75) is 0 Å². The van der Waals surface area contributed by atoms with Gasteiger partial charge in [-0.3, -0.25) is 0 Å². The predicted octanol–water partition coefficient (Wildman–Crippen LogP) is 12.3. The quantitative estimate of drug-likeness (QED) is 0.154. The maximum absolute atomic E-state index is 6.75. The number of fused-ring (bicyclic) bond motifs is 3. The van der Waals surface area contributed by atoms with Crippen LogP contribution in [-0.2, 0) is 0 Å². The monoisotopic (exact) mass is 705 g/mol. The van der Waals surface area contributed by atoms with E-state index in [1.807, 2.05) is 42.5 Å². The second kappa shape index (κ2) is 12.2. The fourth-order valence-electron chi connectivity index (χ4n) is 6.03. The highest BCUT2D eigenvalue weighted by atomic mass is 127. The Morgan fingerprint density at radius 3 is 1.52 bits per heavy atom. The van der Waals surface area contributed by atoms with Gasteiger partial charge in [-0.05, 0) is 93.4 Å². The highest BCUT2D eigenvalue weighted by molar-refractivity contribution is 14.1. The van der Waals surface area contributed by atoms with Crippen LogP contribution in [0.25, 0.3) is 49.7 Å². The molecular weight excluding hydrogens is 677 g/mol. The van der Waals surface area contributed by atoms with Crippen molar-refractivity contribution in [3.63, 3.8) is 0 Å². The molecule has 0 aliphatic rings. The molecule has 7 aromatic carbocycles. The first kappa shape index (κ1) is 28.2. The van der Waals surface area contributed by atoms with E-state index in [1.165, 1.54) is 16.3 Å². The molecule has 0 aliphatic heterocycles. The SMILES string of the molecule is Ic1cc(Oc2ccc(-c3ccccc3)cc2)cc(Oc2ccc(-c3ccccc3)cc2-n2c3ccccc3c3ccccc32)c1. The zero-order valence-corrected chi connectivity index (χ0v) is 27.0. The zero-order chi connectivity index (χ0) is 30.9. The summed E-state index contributed by atoms with van der Waals surface area (Å²) in [5.41, 5.74) is 7.83. The minimum Gasteiger partial charge on any atom is -0.457 e. The number of ether oxygens (including phenoxy) is 2. The summed E-state index contributed by atoms with van der Waals surface area (Å²) in [6.07, 6.45) is 0. The lowest BCUT2D eigenvalue weighted by molar-refractivity contribution is 0.459. The van der Waals surface area contributed by atoms with Crippen LogP contribution in [-0.4, -0.2) is 4.57 Å². The fourth-order valence-corrected chi connectivity index (χ4v) is 6.65. The van der Waals surface area contributed by atoms with Gasteiger partial charge in [0.25, 0.3) is 0 Å². The van der Waals surface area contributed by atoms with E-state index in [0.29, 0.717) is 11.5 Å². The van der Waals surface area contributed by atoms with Crippen molar-refractivity contribution in [3.05, 3.63) is 173 Å². The topological polar surface area (TPSA) is 23.4 Å². The molecule has 0 unspecified atom stereocenters. The largest absolute Gasteiger partial charge is 0.457 e. The smallest absolute Gasteiger partial charge is 0.151 e. The van der Waals surface area contributed by atoms with E-state index in [0.717, 1.165) is 48.5 Å². The van der Waals surface area contributed by atoms with Gasteiger partial charge in [-0.2, -0.15) is 0 Å². The summed E-state index contributed by atoms with van der Waals surface area (Å²) in [5, 5.41) is 2.41. The van der Waals surface area contributed by atoms with Crippen LogP contribution in [0.4, 0.5) is 0 Å². The van der Waals surface area contributed by atoms with Gasteiger partial charge in [0, 0.05) is 20.4 Å². The van der Waals surface area contributed by atoms with Crippen molar-refractivity contribution in [1.29, 1.82) is 0 Å². The molecule has 0 saturated carbocycles. The molecule has 4 heteroatoms. The Bertz CT molecular complexity index is 2260. The average molecular weight is 706 g/mol. The summed E-state index contributed by atoms with van der Waals surface area (Å²) < 4.78 is 16.4. The number of halogens is 1. The minimum absolute atomic E-state index is 0.706. The molecule has 220 valence electrons. The molecule has 46 heavy (non-hydrogen) atoms. The lowest BCUT2D eigenvalue weighted by Crippen LogP contribution is -1.99. The van der Waals surface area contributed by atoms with E-state index < -0.39 is 0 Å². The summed E-state index contributed by atoms with van der Waals surface area (Å²) in [6, 6.07) is 58.5. The fraction of sp³-hybridized carbons (Fsp3) is 0. The van der Waals surface area contributed by atoms with E-state index >= 15 is 0 Å².